The van der Waals surface area contributed by atoms with Crippen LogP contribution in [0.3, 0.4) is 0 Å². The van der Waals surface area contributed by atoms with Crippen LogP contribution in [0.4, 0.5) is 11.4 Å². The SMILES string of the molecule is COc1ccc(C=CC(=O)Nc2ccc(S(=O)(=O)Nc3ccc(C)cc3C)cc2)cc1. The Labute approximate surface area is 182 Å². The summed E-state index contributed by atoms with van der Waals surface area (Å²) in [6, 6.07) is 18.8. The van der Waals surface area contributed by atoms with Crippen molar-refractivity contribution in [3.05, 3.63) is 89.5 Å². The third-order valence-corrected chi connectivity index (χ3v) is 5.98. The lowest BCUT2D eigenvalue weighted by atomic mass is 10.1. The summed E-state index contributed by atoms with van der Waals surface area (Å²) in [5, 5.41) is 2.71. The van der Waals surface area contributed by atoms with E-state index in [9.17, 15) is 13.2 Å². The van der Waals surface area contributed by atoms with Gasteiger partial charge in [0, 0.05) is 11.8 Å². The highest BCUT2D eigenvalue weighted by Gasteiger charge is 2.15. The standard InChI is InChI=1S/C24H24N2O4S/c1-17-4-14-23(18(2)16-17)26-31(28,29)22-12-8-20(9-13-22)25-24(27)15-7-19-5-10-21(30-3)11-6-19/h4-16,26H,1-3H3,(H,25,27). The minimum absolute atomic E-state index is 0.110. The first-order valence-electron chi connectivity index (χ1n) is 9.60. The second-order valence-electron chi connectivity index (χ2n) is 7.04. The van der Waals surface area contributed by atoms with E-state index >= 15 is 0 Å². The number of anilines is 2. The van der Waals surface area contributed by atoms with Crippen LogP contribution in [0.2, 0.25) is 0 Å². The molecule has 7 heteroatoms. The summed E-state index contributed by atoms with van der Waals surface area (Å²) in [7, 11) is -2.14. The molecule has 0 saturated heterocycles. The monoisotopic (exact) mass is 436 g/mol. The molecule has 2 N–H and O–H groups in total. The smallest absolute Gasteiger partial charge is 0.261 e. The predicted molar refractivity (Wildman–Crippen MR) is 124 cm³/mol. The van der Waals surface area contributed by atoms with Crippen LogP contribution >= 0.6 is 0 Å². The maximum atomic E-state index is 12.7. The molecule has 3 aromatic carbocycles. The lowest BCUT2D eigenvalue weighted by Crippen LogP contribution is -2.14. The lowest BCUT2D eigenvalue weighted by molar-refractivity contribution is -0.111. The van der Waals surface area contributed by atoms with Crippen molar-refractivity contribution < 1.29 is 17.9 Å². The van der Waals surface area contributed by atoms with E-state index in [1.54, 1.807) is 31.4 Å². The molecule has 1 amide bonds. The van der Waals surface area contributed by atoms with Crippen molar-refractivity contribution in [2.75, 3.05) is 17.1 Å². The Balaban J connectivity index is 1.64. The summed E-state index contributed by atoms with van der Waals surface area (Å²) in [6.45, 7) is 3.80. The highest BCUT2D eigenvalue weighted by molar-refractivity contribution is 7.92. The predicted octanol–water partition coefficient (Wildman–Crippen LogP) is 4.76. The zero-order chi connectivity index (χ0) is 22.4. The van der Waals surface area contributed by atoms with Gasteiger partial charge in [-0.05, 0) is 73.5 Å². The van der Waals surface area contributed by atoms with Crippen LogP contribution in [0.25, 0.3) is 6.08 Å². The third-order valence-electron chi connectivity index (χ3n) is 4.60. The van der Waals surface area contributed by atoms with Gasteiger partial charge >= 0.3 is 0 Å². The molecule has 3 aromatic rings. The van der Waals surface area contributed by atoms with E-state index in [4.69, 9.17) is 4.74 Å². The molecule has 0 atom stereocenters. The molecule has 6 nitrogen and oxygen atoms in total. The number of carbonyl (C=O) groups is 1. The van der Waals surface area contributed by atoms with Crippen molar-refractivity contribution in [1.29, 1.82) is 0 Å². The Morgan fingerprint density at radius 2 is 1.61 bits per heavy atom. The molecular weight excluding hydrogens is 412 g/mol. The first-order chi connectivity index (χ1) is 14.8. The molecule has 0 heterocycles. The minimum Gasteiger partial charge on any atom is -0.497 e. The number of ether oxygens (including phenoxy) is 1. The van der Waals surface area contributed by atoms with Gasteiger partial charge in [0.2, 0.25) is 5.91 Å². The molecular formula is C24H24N2O4S. The van der Waals surface area contributed by atoms with Crippen LogP contribution < -0.4 is 14.8 Å². The van der Waals surface area contributed by atoms with Crippen LogP contribution in [0.15, 0.2) is 77.7 Å². The number of rotatable bonds is 7. The van der Waals surface area contributed by atoms with E-state index in [0.717, 1.165) is 22.4 Å². The largest absolute Gasteiger partial charge is 0.497 e. The molecule has 0 aliphatic heterocycles. The number of aryl methyl sites for hydroxylation is 2. The Morgan fingerprint density at radius 1 is 0.935 bits per heavy atom. The van der Waals surface area contributed by atoms with Gasteiger partial charge in [0.15, 0.2) is 0 Å². The quantitative estimate of drug-likeness (QED) is 0.523. The fraction of sp³-hybridized carbons (Fsp3) is 0.125. The van der Waals surface area contributed by atoms with Gasteiger partial charge in [-0.2, -0.15) is 0 Å². The van der Waals surface area contributed by atoms with Crippen LogP contribution in [-0.2, 0) is 14.8 Å². The Morgan fingerprint density at radius 3 is 2.23 bits per heavy atom. The summed E-state index contributed by atoms with van der Waals surface area (Å²) in [6.07, 6.45) is 3.09. The van der Waals surface area contributed by atoms with Gasteiger partial charge in [0.05, 0.1) is 17.7 Å². The summed E-state index contributed by atoms with van der Waals surface area (Å²) in [5.74, 6) is 0.420. The molecule has 0 fully saturated rings. The van der Waals surface area contributed by atoms with Crippen molar-refractivity contribution >= 4 is 33.4 Å². The van der Waals surface area contributed by atoms with E-state index in [1.807, 2.05) is 50.2 Å². The van der Waals surface area contributed by atoms with Crippen molar-refractivity contribution in [2.24, 2.45) is 0 Å². The van der Waals surface area contributed by atoms with Gasteiger partial charge < -0.3 is 10.1 Å². The Hall–Kier alpha value is -3.58. The minimum atomic E-state index is -3.73. The van der Waals surface area contributed by atoms with E-state index in [1.165, 1.54) is 18.2 Å². The Bertz CT molecular complexity index is 1200. The molecule has 0 aliphatic rings. The fourth-order valence-corrected chi connectivity index (χ4v) is 4.05. The van der Waals surface area contributed by atoms with E-state index < -0.39 is 10.0 Å². The zero-order valence-electron chi connectivity index (χ0n) is 17.5. The molecule has 0 saturated carbocycles. The number of benzene rings is 3. The lowest BCUT2D eigenvalue weighted by Gasteiger charge is -2.11. The highest BCUT2D eigenvalue weighted by atomic mass is 32.2. The average Bonchev–Trinajstić information content (AvgIpc) is 2.75. The number of amides is 1. The third kappa shape index (κ3) is 5.96. The first-order valence-corrected chi connectivity index (χ1v) is 11.1. The average molecular weight is 437 g/mol. The molecule has 0 bridgehead atoms. The van der Waals surface area contributed by atoms with Crippen LogP contribution in [0.1, 0.15) is 16.7 Å². The fourth-order valence-electron chi connectivity index (χ4n) is 2.92. The number of hydrogen-bond donors (Lipinski definition) is 2. The van der Waals surface area contributed by atoms with Gasteiger partial charge in [-0.15, -0.1) is 0 Å². The van der Waals surface area contributed by atoms with Crippen LogP contribution in [0.5, 0.6) is 5.75 Å². The topological polar surface area (TPSA) is 84.5 Å². The Kier molecular flexibility index (Phi) is 6.77. The molecule has 160 valence electrons. The second kappa shape index (κ2) is 9.49. The van der Waals surface area contributed by atoms with Crippen molar-refractivity contribution in [3.8, 4) is 5.75 Å². The summed E-state index contributed by atoms with van der Waals surface area (Å²) in [5.41, 5.74) is 3.79. The molecule has 0 spiro atoms. The van der Waals surface area contributed by atoms with Crippen LogP contribution in [-0.4, -0.2) is 21.4 Å². The normalized spacial score (nSPS) is 11.3. The molecule has 31 heavy (non-hydrogen) atoms. The van der Waals surface area contributed by atoms with E-state index in [-0.39, 0.29) is 10.8 Å². The summed E-state index contributed by atoms with van der Waals surface area (Å²) in [4.78, 5) is 12.3. The summed E-state index contributed by atoms with van der Waals surface area (Å²) < 4.78 is 33.0. The van der Waals surface area contributed by atoms with Gasteiger partial charge in [0.25, 0.3) is 10.0 Å². The highest BCUT2D eigenvalue weighted by Crippen LogP contribution is 2.22. The van der Waals surface area contributed by atoms with E-state index in [2.05, 4.69) is 10.0 Å². The number of methoxy groups -OCH3 is 1. The zero-order valence-corrected chi connectivity index (χ0v) is 18.4. The second-order valence-corrected chi connectivity index (χ2v) is 8.73. The number of sulfonamides is 1. The van der Waals surface area contributed by atoms with Gasteiger partial charge in [-0.3, -0.25) is 9.52 Å². The maximum Gasteiger partial charge on any atom is 0.261 e. The van der Waals surface area contributed by atoms with Crippen LogP contribution in [0, 0.1) is 13.8 Å². The first kappa shape index (κ1) is 22.1. The summed E-state index contributed by atoms with van der Waals surface area (Å²) >= 11 is 0. The molecule has 3 rings (SSSR count). The van der Waals surface area contributed by atoms with Gasteiger partial charge in [-0.25, -0.2) is 8.42 Å². The van der Waals surface area contributed by atoms with Gasteiger partial charge in [-0.1, -0.05) is 29.8 Å². The molecule has 0 aliphatic carbocycles. The maximum absolute atomic E-state index is 12.7. The van der Waals surface area contributed by atoms with Crippen molar-refractivity contribution in [1.82, 2.24) is 0 Å². The van der Waals surface area contributed by atoms with Crippen molar-refractivity contribution in [3.63, 3.8) is 0 Å². The number of carbonyl (C=O) groups excluding carboxylic acids is 1. The van der Waals surface area contributed by atoms with Gasteiger partial charge in [0.1, 0.15) is 5.75 Å². The number of nitrogens with one attached hydrogen (secondary N) is 2. The number of hydrogen-bond acceptors (Lipinski definition) is 4. The molecule has 0 aromatic heterocycles. The van der Waals surface area contributed by atoms with Crippen molar-refractivity contribution in [2.45, 2.75) is 18.7 Å². The molecule has 0 radical (unpaired) electrons. The van der Waals surface area contributed by atoms with E-state index in [0.29, 0.717) is 11.4 Å². The molecule has 0 unspecified atom stereocenters.